The van der Waals surface area contributed by atoms with Gasteiger partial charge in [-0.05, 0) is 47.4 Å². The summed E-state index contributed by atoms with van der Waals surface area (Å²) in [5.74, 6) is 0. The molecule has 1 heteroatoms. The number of hydrogen-bond donors (Lipinski definition) is 0. The van der Waals surface area contributed by atoms with Crippen molar-refractivity contribution in [3.63, 3.8) is 0 Å². The van der Waals surface area contributed by atoms with Gasteiger partial charge in [-0.2, -0.15) is 5.26 Å². The first-order valence-electron chi connectivity index (χ1n) is 7.36. The molecule has 3 rings (SSSR count). The molecule has 0 saturated heterocycles. The molecule has 0 spiro atoms. The number of hydrogen-bond acceptors (Lipinski definition) is 1. The molecule has 0 aromatic heterocycles. The van der Waals surface area contributed by atoms with E-state index in [0.717, 1.165) is 11.1 Å². The Morgan fingerprint density at radius 1 is 0.864 bits per heavy atom. The van der Waals surface area contributed by atoms with Gasteiger partial charge in [0, 0.05) is 0 Å². The zero-order valence-corrected chi connectivity index (χ0v) is 12.8. The molecule has 1 nitrogen and oxygen atoms in total. The number of aryl methyl sites for hydroxylation is 2. The summed E-state index contributed by atoms with van der Waals surface area (Å²) in [6.45, 7) is 4.16. The lowest BCUT2D eigenvalue weighted by Gasteiger charge is -2.07. The van der Waals surface area contributed by atoms with Gasteiger partial charge >= 0.3 is 0 Å². The van der Waals surface area contributed by atoms with E-state index < -0.39 is 0 Å². The maximum absolute atomic E-state index is 9.52. The molecule has 0 heterocycles. The topological polar surface area (TPSA) is 23.8 Å². The molecular weight excluding hydrogens is 266 g/mol. The molecule has 0 amide bonds. The van der Waals surface area contributed by atoms with Crippen molar-refractivity contribution in [3.05, 3.63) is 82.9 Å². The predicted octanol–water partition coefficient (Wildman–Crippen LogP) is 5.52. The van der Waals surface area contributed by atoms with Crippen molar-refractivity contribution in [3.8, 4) is 6.07 Å². The quantitative estimate of drug-likeness (QED) is 0.448. The second-order valence-electron chi connectivity index (χ2n) is 5.55. The number of rotatable bonds is 2. The molecule has 0 fully saturated rings. The number of nitriles is 1. The van der Waals surface area contributed by atoms with Crippen molar-refractivity contribution < 1.29 is 0 Å². The summed E-state index contributed by atoms with van der Waals surface area (Å²) >= 11 is 0. The van der Waals surface area contributed by atoms with E-state index in [1.54, 1.807) is 0 Å². The molecule has 0 atom stereocenters. The molecule has 3 aromatic carbocycles. The minimum atomic E-state index is 0.689. The number of benzene rings is 3. The van der Waals surface area contributed by atoms with Crippen LogP contribution in [0.25, 0.3) is 22.4 Å². The average Bonchev–Trinajstić information content (AvgIpc) is 2.56. The molecule has 0 aliphatic heterocycles. The third kappa shape index (κ3) is 2.64. The normalized spacial score (nSPS) is 11.4. The van der Waals surface area contributed by atoms with E-state index in [-0.39, 0.29) is 0 Å². The van der Waals surface area contributed by atoms with Crippen LogP contribution in [0.2, 0.25) is 0 Å². The first kappa shape index (κ1) is 14.1. The summed E-state index contributed by atoms with van der Waals surface area (Å²) in [5, 5.41) is 11.9. The fourth-order valence-electron chi connectivity index (χ4n) is 2.67. The Balaban J connectivity index is 2.16. The Morgan fingerprint density at radius 3 is 2.23 bits per heavy atom. The van der Waals surface area contributed by atoms with Crippen molar-refractivity contribution >= 4 is 22.4 Å². The van der Waals surface area contributed by atoms with Crippen molar-refractivity contribution in [1.29, 1.82) is 5.26 Å². The summed E-state index contributed by atoms with van der Waals surface area (Å²) < 4.78 is 0. The fourth-order valence-corrected chi connectivity index (χ4v) is 2.67. The fraction of sp³-hybridized carbons (Fsp3) is 0.0952. The molecule has 3 aromatic rings. The molecule has 0 N–H and O–H groups in total. The molecular formula is C21H17N. The first-order chi connectivity index (χ1) is 10.7. The molecule has 22 heavy (non-hydrogen) atoms. The molecule has 0 radical (unpaired) electrons. The minimum absolute atomic E-state index is 0.689. The molecule has 0 aliphatic carbocycles. The molecule has 0 bridgehead atoms. The van der Waals surface area contributed by atoms with Crippen molar-refractivity contribution in [2.75, 3.05) is 0 Å². The Bertz CT molecular complexity index is 893. The number of nitrogens with zero attached hydrogens (tertiary/aromatic N) is 1. The van der Waals surface area contributed by atoms with Crippen LogP contribution in [-0.2, 0) is 0 Å². The lowest BCUT2D eigenvalue weighted by Crippen LogP contribution is -1.86. The van der Waals surface area contributed by atoms with E-state index in [9.17, 15) is 5.26 Å². The van der Waals surface area contributed by atoms with Crippen molar-refractivity contribution in [2.24, 2.45) is 0 Å². The standard InChI is InChI=1S/C21H17N/c1-15-7-10-17(11-8-15)19(14-22)13-18-12-9-16(2)20-5-3-4-6-21(18)20/h3-13H,1-2H3/b19-13-. The lowest BCUT2D eigenvalue weighted by molar-refractivity contribution is 1.45. The maximum Gasteiger partial charge on any atom is 0.0998 e. The van der Waals surface area contributed by atoms with Crippen LogP contribution in [0, 0.1) is 25.2 Å². The van der Waals surface area contributed by atoms with Crippen molar-refractivity contribution in [1.82, 2.24) is 0 Å². The second kappa shape index (κ2) is 5.87. The monoisotopic (exact) mass is 283 g/mol. The highest BCUT2D eigenvalue weighted by Gasteiger charge is 2.05. The van der Waals surface area contributed by atoms with E-state index in [0.29, 0.717) is 5.57 Å². The van der Waals surface area contributed by atoms with Gasteiger partial charge in [-0.15, -0.1) is 0 Å². The van der Waals surface area contributed by atoms with Crippen LogP contribution in [0.1, 0.15) is 22.3 Å². The Morgan fingerprint density at radius 2 is 1.55 bits per heavy atom. The zero-order valence-electron chi connectivity index (χ0n) is 12.8. The van der Waals surface area contributed by atoms with E-state index in [4.69, 9.17) is 0 Å². The zero-order chi connectivity index (χ0) is 15.5. The minimum Gasteiger partial charge on any atom is -0.192 e. The van der Waals surface area contributed by atoms with E-state index in [1.165, 1.54) is 21.9 Å². The summed E-state index contributed by atoms with van der Waals surface area (Å²) in [5.41, 5.74) is 5.17. The van der Waals surface area contributed by atoms with Crippen LogP contribution < -0.4 is 0 Å². The summed E-state index contributed by atoms with van der Waals surface area (Å²) in [4.78, 5) is 0. The number of fused-ring (bicyclic) bond motifs is 1. The van der Waals surface area contributed by atoms with Gasteiger partial charge in [0.05, 0.1) is 11.6 Å². The second-order valence-corrected chi connectivity index (χ2v) is 5.55. The van der Waals surface area contributed by atoms with E-state index in [2.05, 4.69) is 37.3 Å². The Kier molecular flexibility index (Phi) is 3.76. The van der Waals surface area contributed by atoms with Gasteiger partial charge < -0.3 is 0 Å². The molecule has 0 aliphatic rings. The predicted molar refractivity (Wildman–Crippen MR) is 93.3 cm³/mol. The van der Waals surface area contributed by atoms with E-state index in [1.807, 2.05) is 49.4 Å². The molecule has 0 saturated carbocycles. The summed E-state index contributed by atoms with van der Waals surface area (Å²) in [7, 11) is 0. The summed E-state index contributed by atoms with van der Waals surface area (Å²) in [6, 6.07) is 22.9. The molecule has 0 unspecified atom stereocenters. The summed E-state index contributed by atoms with van der Waals surface area (Å²) in [6.07, 6.45) is 1.98. The molecule has 106 valence electrons. The van der Waals surface area contributed by atoms with Crippen LogP contribution in [0.5, 0.6) is 0 Å². The smallest absolute Gasteiger partial charge is 0.0998 e. The average molecular weight is 283 g/mol. The van der Waals surface area contributed by atoms with Gasteiger partial charge in [0.15, 0.2) is 0 Å². The highest BCUT2D eigenvalue weighted by Crippen LogP contribution is 2.26. The van der Waals surface area contributed by atoms with Gasteiger partial charge in [-0.25, -0.2) is 0 Å². The third-order valence-corrected chi connectivity index (χ3v) is 3.96. The highest BCUT2D eigenvalue weighted by molar-refractivity contribution is 5.99. The SMILES string of the molecule is Cc1ccc(/C(C#N)=C\c2ccc(C)c3ccccc23)cc1. The van der Waals surface area contributed by atoms with Crippen LogP contribution in [0.15, 0.2) is 60.7 Å². The highest BCUT2D eigenvalue weighted by atomic mass is 14.2. The van der Waals surface area contributed by atoms with Crippen molar-refractivity contribution in [2.45, 2.75) is 13.8 Å². The van der Waals surface area contributed by atoms with Gasteiger partial charge in [0.1, 0.15) is 0 Å². The van der Waals surface area contributed by atoms with Crippen LogP contribution >= 0.6 is 0 Å². The van der Waals surface area contributed by atoms with Crippen LogP contribution in [0.3, 0.4) is 0 Å². The Hall–Kier alpha value is -2.85. The number of allylic oxidation sites excluding steroid dienone is 1. The third-order valence-electron chi connectivity index (χ3n) is 3.96. The van der Waals surface area contributed by atoms with Gasteiger partial charge in [-0.3, -0.25) is 0 Å². The lowest BCUT2D eigenvalue weighted by atomic mass is 9.97. The van der Waals surface area contributed by atoms with Crippen LogP contribution in [0.4, 0.5) is 0 Å². The van der Waals surface area contributed by atoms with E-state index >= 15 is 0 Å². The van der Waals surface area contributed by atoms with Crippen LogP contribution in [-0.4, -0.2) is 0 Å². The van der Waals surface area contributed by atoms with Gasteiger partial charge in [0.25, 0.3) is 0 Å². The largest absolute Gasteiger partial charge is 0.192 e. The first-order valence-corrected chi connectivity index (χ1v) is 7.36. The van der Waals surface area contributed by atoms with Gasteiger partial charge in [0.2, 0.25) is 0 Å². The Labute approximate surface area is 131 Å². The van der Waals surface area contributed by atoms with Gasteiger partial charge in [-0.1, -0.05) is 66.2 Å². The maximum atomic E-state index is 9.52.